The van der Waals surface area contributed by atoms with Gasteiger partial charge in [-0.05, 0) is 30.5 Å². The highest BCUT2D eigenvalue weighted by Crippen LogP contribution is 2.13. The number of hydrogen-bond acceptors (Lipinski definition) is 3. The van der Waals surface area contributed by atoms with E-state index in [9.17, 15) is 9.59 Å². The van der Waals surface area contributed by atoms with Gasteiger partial charge in [-0.25, -0.2) is 4.79 Å². The minimum Gasteiger partial charge on any atom is -0.338 e. The Hall–Kier alpha value is -2.08. The first-order chi connectivity index (χ1) is 11.4. The first kappa shape index (κ1) is 18.3. The molecule has 1 aromatic carbocycles. The molecule has 1 aromatic rings. The number of carbonyl (C=O) groups excluding carboxylic acids is 2. The average molecular weight is 332 g/mol. The number of nitrogens with one attached hydrogen (secondary N) is 1. The molecule has 1 aliphatic rings. The van der Waals surface area contributed by atoms with Crippen LogP contribution in [0.2, 0.25) is 0 Å². The maximum atomic E-state index is 12.4. The van der Waals surface area contributed by atoms with E-state index in [1.54, 1.807) is 9.80 Å². The van der Waals surface area contributed by atoms with Crippen molar-refractivity contribution in [2.45, 2.75) is 33.2 Å². The van der Waals surface area contributed by atoms with E-state index in [4.69, 9.17) is 5.73 Å². The van der Waals surface area contributed by atoms with Crippen LogP contribution in [0.4, 0.5) is 10.5 Å². The number of nitrogens with two attached hydrogens (primary N) is 1. The number of carbonyl (C=O) groups is 2. The third-order valence-electron chi connectivity index (χ3n) is 4.69. The van der Waals surface area contributed by atoms with Crippen LogP contribution in [0.3, 0.4) is 0 Å². The standard InChI is InChI=1S/C18H28N4O2/c1-4-14(3)16(19)17(23)21-8-10-22(11-9-21)18(24)20-15-7-5-6-13(2)12-15/h5-7,12,14,16H,4,8-11,19H2,1-3H3,(H,20,24). The van der Waals surface area contributed by atoms with Crippen molar-refractivity contribution in [1.82, 2.24) is 9.80 Å². The Kier molecular flexibility index (Phi) is 6.20. The monoisotopic (exact) mass is 332 g/mol. The molecule has 1 heterocycles. The Labute approximate surface area is 144 Å². The highest BCUT2D eigenvalue weighted by atomic mass is 16.2. The summed E-state index contributed by atoms with van der Waals surface area (Å²) in [5, 5.41) is 2.91. The molecular formula is C18H28N4O2. The van der Waals surface area contributed by atoms with Crippen molar-refractivity contribution in [3.8, 4) is 0 Å². The molecule has 1 saturated heterocycles. The van der Waals surface area contributed by atoms with Crippen molar-refractivity contribution in [2.75, 3.05) is 31.5 Å². The number of amides is 3. The Morgan fingerprint density at radius 1 is 1.21 bits per heavy atom. The summed E-state index contributed by atoms with van der Waals surface area (Å²) in [7, 11) is 0. The molecule has 3 amide bonds. The first-order valence-electron chi connectivity index (χ1n) is 8.59. The molecule has 24 heavy (non-hydrogen) atoms. The summed E-state index contributed by atoms with van der Waals surface area (Å²) in [6, 6.07) is 7.12. The van der Waals surface area contributed by atoms with Gasteiger partial charge in [0.05, 0.1) is 6.04 Å². The Balaban J connectivity index is 1.86. The molecule has 3 N–H and O–H groups in total. The molecule has 0 radical (unpaired) electrons. The molecule has 0 saturated carbocycles. The smallest absolute Gasteiger partial charge is 0.321 e. The summed E-state index contributed by atoms with van der Waals surface area (Å²) in [5.74, 6) is 0.156. The number of rotatable bonds is 4. The van der Waals surface area contributed by atoms with Crippen molar-refractivity contribution < 1.29 is 9.59 Å². The van der Waals surface area contributed by atoms with Gasteiger partial charge in [-0.3, -0.25) is 4.79 Å². The Bertz CT molecular complexity index is 582. The normalized spacial score (nSPS) is 17.3. The molecule has 0 spiro atoms. The molecular weight excluding hydrogens is 304 g/mol. The minimum atomic E-state index is -0.456. The predicted octanol–water partition coefficient (Wildman–Crippen LogP) is 2.04. The van der Waals surface area contributed by atoms with E-state index in [0.29, 0.717) is 26.2 Å². The van der Waals surface area contributed by atoms with Crippen LogP contribution in [0.5, 0.6) is 0 Å². The number of benzene rings is 1. The fourth-order valence-electron chi connectivity index (χ4n) is 2.76. The van der Waals surface area contributed by atoms with E-state index >= 15 is 0 Å². The van der Waals surface area contributed by atoms with Crippen LogP contribution in [-0.4, -0.2) is 54.0 Å². The second-order valence-corrected chi connectivity index (χ2v) is 6.52. The van der Waals surface area contributed by atoms with Crippen molar-refractivity contribution in [3.05, 3.63) is 29.8 Å². The average Bonchev–Trinajstić information content (AvgIpc) is 2.59. The zero-order valence-electron chi connectivity index (χ0n) is 14.8. The third kappa shape index (κ3) is 4.47. The lowest BCUT2D eigenvalue weighted by Gasteiger charge is -2.36. The summed E-state index contributed by atoms with van der Waals surface area (Å²) < 4.78 is 0. The van der Waals surface area contributed by atoms with Gasteiger partial charge in [0, 0.05) is 31.9 Å². The van der Waals surface area contributed by atoms with Crippen LogP contribution in [0.15, 0.2) is 24.3 Å². The lowest BCUT2D eigenvalue weighted by Crippen LogP contribution is -2.56. The van der Waals surface area contributed by atoms with Gasteiger partial charge in [0.1, 0.15) is 0 Å². The summed E-state index contributed by atoms with van der Waals surface area (Å²) >= 11 is 0. The molecule has 6 nitrogen and oxygen atoms in total. The van der Waals surface area contributed by atoms with Gasteiger partial charge < -0.3 is 20.9 Å². The van der Waals surface area contributed by atoms with Gasteiger partial charge in [0.2, 0.25) is 5.91 Å². The number of anilines is 1. The van der Waals surface area contributed by atoms with E-state index in [1.165, 1.54) is 0 Å². The van der Waals surface area contributed by atoms with Gasteiger partial charge in [0.25, 0.3) is 0 Å². The Morgan fingerprint density at radius 3 is 2.42 bits per heavy atom. The van der Waals surface area contributed by atoms with E-state index in [-0.39, 0.29) is 17.9 Å². The maximum absolute atomic E-state index is 12.4. The highest BCUT2D eigenvalue weighted by Gasteiger charge is 2.29. The molecule has 132 valence electrons. The predicted molar refractivity (Wildman–Crippen MR) is 95.8 cm³/mol. The number of piperazine rings is 1. The van der Waals surface area contributed by atoms with Crippen LogP contribution in [0, 0.1) is 12.8 Å². The molecule has 1 fully saturated rings. The highest BCUT2D eigenvalue weighted by molar-refractivity contribution is 5.89. The second kappa shape index (κ2) is 8.15. The van der Waals surface area contributed by atoms with Gasteiger partial charge in [-0.15, -0.1) is 0 Å². The molecule has 1 aliphatic heterocycles. The maximum Gasteiger partial charge on any atom is 0.321 e. The summed E-state index contributed by atoms with van der Waals surface area (Å²) in [6.45, 7) is 8.13. The van der Waals surface area contributed by atoms with Crippen molar-refractivity contribution >= 4 is 17.6 Å². The summed E-state index contributed by atoms with van der Waals surface area (Å²) in [5.41, 5.74) is 7.92. The topological polar surface area (TPSA) is 78.7 Å². The lowest BCUT2D eigenvalue weighted by atomic mass is 9.98. The largest absolute Gasteiger partial charge is 0.338 e. The zero-order valence-corrected chi connectivity index (χ0v) is 14.8. The molecule has 0 aromatic heterocycles. The fourth-order valence-corrected chi connectivity index (χ4v) is 2.76. The van der Waals surface area contributed by atoms with E-state index < -0.39 is 6.04 Å². The van der Waals surface area contributed by atoms with E-state index in [1.807, 2.05) is 45.0 Å². The van der Waals surface area contributed by atoms with Crippen molar-refractivity contribution in [2.24, 2.45) is 11.7 Å². The second-order valence-electron chi connectivity index (χ2n) is 6.52. The first-order valence-corrected chi connectivity index (χ1v) is 8.59. The molecule has 2 atom stereocenters. The summed E-state index contributed by atoms with van der Waals surface area (Å²) in [4.78, 5) is 28.2. The number of hydrogen-bond donors (Lipinski definition) is 2. The van der Waals surface area contributed by atoms with Crippen LogP contribution >= 0.6 is 0 Å². The van der Waals surface area contributed by atoms with Crippen LogP contribution in [0.25, 0.3) is 0 Å². The Morgan fingerprint density at radius 2 is 1.83 bits per heavy atom. The SMILES string of the molecule is CCC(C)C(N)C(=O)N1CCN(C(=O)Nc2cccc(C)c2)CC1. The molecule has 6 heteroatoms. The lowest BCUT2D eigenvalue weighted by molar-refractivity contribution is -0.135. The van der Waals surface area contributed by atoms with Crippen molar-refractivity contribution in [1.29, 1.82) is 0 Å². The molecule has 2 rings (SSSR count). The fraction of sp³-hybridized carbons (Fsp3) is 0.556. The van der Waals surface area contributed by atoms with Crippen LogP contribution in [0.1, 0.15) is 25.8 Å². The number of urea groups is 1. The van der Waals surface area contributed by atoms with Crippen molar-refractivity contribution in [3.63, 3.8) is 0 Å². The van der Waals surface area contributed by atoms with Gasteiger partial charge >= 0.3 is 6.03 Å². The molecule has 2 unspecified atom stereocenters. The zero-order chi connectivity index (χ0) is 17.7. The van der Waals surface area contributed by atoms with Gasteiger partial charge in [0.15, 0.2) is 0 Å². The third-order valence-corrected chi connectivity index (χ3v) is 4.69. The van der Waals surface area contributed by atoms with Crippen LogP contribution in [-0.2, 0) is 4.79 Å². The van der Waals surface area contributed by atoms with Gasteiger partial charge in [-0.2, -0.15) is 0 Å². The number of nitrogens with zero attached hydrogens (tertiary/aromatic N) is 2. The summed E-state index contributed by atoms with van der Waals surface area (Å²) in [6.07, 6.45) is 0.881. The minimum absolute atomic E-state index is 0.0110. The van der Waals surface area contributed by atoms with E-state index in [0.717, 1.165) is 17.7 Å². The van der Waals surface area contributed by atoms with Gasteiger partial charge in [-0.1, -0.05) is 32.4 Å². The quantitative estimate of drug-likeness (QED) is 0.885. The van der Waals surface area contributed by atoms with E-state index in [2.05, 4.69) is 5.32 Å². The molecule has 0 aliphatic carbocycles. The van der Waals surface area contributed by atoms with Crippen LogP contribution < -0.4 is 11.1 Å². The number of aryl methyl sites for hydroxylation is 1. The molecule has 0 bridgehead atoms.